The Morgan fingerprint density at radius 1 is 1.70 bits per heavy atom. The van der Waals surface area contributed by atoms with Gasteiger partial charge < -0.3 is 7.04 Å². The maximum absolute atomic E-state index is 10.0. The molecule has 0 radical (unpaired) electrons. The number of carbonyl (C=O) groups excluding carboxylic acids is 1. The number of hydrogen-bond acceptors (Lipinski definition) is 3. The van der Waals surface area contributed by atoms with Crippen LogP contribution in [0.3, 0.4) is 0 Å². The van der Waals surface area contributed by atoms with Crippen LogP contribution in [0.15, 0.2) is 0 Å². The Morgan fingerprint density at radius 3 is 2.20 bits per heavy atom. The second kappa shape index (κ2) is 11.9. The average Bonchev–Trinajstić information content (AvgIpc) is 1.65. The van der Waals surface area contributed by atoms with Crippen LogP contribution in [-0.4, -0.2) is 14.7 Å². The first kappa shape index (κ1) is 18.6. The summed E-state index contributed by atoms with van der Waals surface area (Å²) in [6.45, 7) is 1.54. The van der Waals surface area contributed by atoms with Crippen LogP contribution in [0.5, 0.6) is 0 Å². The molecule has 0 rings (SSSR count). The first-order valence-electron chi connectivity index (χ1n) is 1.98. The van der Waals surface area contributed by atoms with Gasteiger partial charge in [-0.1, -0.05) is 6.92 Å². The van der Waals surface area contributed by atoms with Gasteiger partial charge in [-0.15, -0.1) is 0 Å². The molecule has 0 aromatic carbocycles. The predicted octanol–water partition coefficient (Wildman–Crippen LogP) is -5.69. The second-order valence-corrected chi connectivity index (χ2v) is 1.63. The smallest absolute Gasteiger partial charge is 1.00 e. The van der Waals surface area contributed by atoms with E-state index in [1.165, 1.54) is 6.92 Å². The van der Waals surface area contributed by atoms with Gasteiger partial charge in [-0.2, -0.15) is 4.21 Å². The molecule has 7 heteroatoms. The molecule has 0 saturated carbocycles. The fraction of sp³-hybridized carbons (Fsp3) is 0.667. The van der Waals surface area contributed by atoms with Crippen molar-refractivity contribution >= 4 is 17.3 Å². The average molecular weight is 218 g/mol. The van der Waals surface area contributed by atoms with Gasteiger partial charge >= 0.3 is 120 Å². The van der Waals surface area contributed by atoms with Crippen LogP contribution in [0.1, 0.15) is 16.2 Å². The summed E-state index contributed by atoms with van der Waals surface area (Å²) in [6, 6.07) is 0. The van der Waals surface area contributed by atoms with E-state index in [9.17, 15) is 9.00 Å². The maximum atomic E-state index is 10.0. The van der Waals surface area contributed by atoms with Crippen molar-refractivity contribution in [3.8, 4) is 0 Å². The van der Waals surface area contributed by atoms with Gasteiger partial charge in [0.15, 0.2) is 0 Å². The Hall–Kier alpha value is 2.85. The van der Waals surface area contributed by atoms with Crippen molar-refractivity contribution in [1.82, 2.24) is 0 Å². The minimum atomic E-state index is -2.45. The van der Waals surface area contributed by atoms with E-state index < -0.39 is 17.3 Å². The molecule has 0 saturated heterocycles. The van der Waals surface area contributed by atoms with E-state index in [1.807, 2.05) is 0 Å². The molecule has 0 bridgehead atoms. The first-order valence-corrected chi connectivity index (χ1v) is 3.02. The van der Waals surface area contributed by atoms with Gasteiger partial charge in [0.1, 0.15) is 0 Å². The van der Waals surface area contributed by atoms with Crippen molar-refractivity contribution in [3.63, 3.8) is 0 Å². The van der Waals surface area contributed by atoms with Crippen molar-refractivity contribution in [2.75, 3.05) is 0 Å². The van der Waals surface area contributed by atoms with Gasteiger partial charge in [0.05, 0.1) is 0 Å². The van der Waals surface area contributed by atoms with E-state index in [-0.39, 0.29) is 112 Å². The molecule has 4 nitrogen and oxygen atoms in total. The van der Waals surface area contributed by atoms with E-state index in [2.05, 4.69) is 4.18 Å². The topological polar surface area (TPSA) is 63.6 Å². The van der Waals surface area contributed by atoms with Gasteiger partial charge in [0.25, 0.3) is 0 Å². The molecule has 0 fully saturated rings. The van der Waals surface area contributed by atoms with Crippen LogP contribution < -0.4 is 103 Å². The molecule has 0 aliphatic carbocycles. The fourth-order valence-corrected chi connectivity index (χ4v) is 0.415. The molecule has 1 unspecified atom stereocenters. The predicted molar refractivity (Wildman–Crippen MR) is 29.4 cm³/mol. The molecule has 10 heavy (non-hydrogen) atoms. The van der Waals surface area contributed by atoms with Crippen molar-refractivity contribution in [2.24, 2.45) is 0 Å². The number of rotatable bonds is 2. The summed E-state index contributed by atoms with van der Waals surface area (Å²) in [4.78, 5) is 10.0. The van der Waals surface area contributed by atoms with E-state index in [0.29, 0.717) is 0 Å². The fourth-order valence-electron chi connectivity index (χ4n) is 0.138. The van der Waals surface area contributed by atoms with Crippen LogP contribution in [-0.2, 0) is 20.3 Å². The zero-order valence-corrected chi connectivity index (χ0v) is 13.4. The minimum Gasteiger partial charge on any atom is -1.00 e. The molecule has 0 aliphatic rings. The van der Waals surface area contributed by atoms with E-state index >= 15 is 0 Å². The van der Waals surface area contributed by atoms with Gasteiger partial charge in [0.2, 0.25) is 0 Å². The SMILES string of the molecule is CCC(=O)OS(=O)O.[H-].[H-].[K+].[K+]. The first-order chi connectivity index (χ1) is 3.66. The van der Waals surface area contributed by atoms with Crippen molar-refractivity contribution < 1.29 is 123 Å². The molecule has 0 aliphatic heterocycles. The Balaban J connectivity index is -0.0000000408. The molecule has 0 amide bonds. The molecular weight excluding hydrogens is 210 g/mol. The zero-order valence-electron chi connectivity index (χ0n) is 8.29. The molecule has 0 spiro atoms. The van der Waals surface area contributed by atoms with Crippen LogP contribution >= 0.6 is 0 Å². The molecule has 0 aromatic heterocycles. The van der Waals surface area contributed by atoms with Crippen molar-refractivity contribution in [2.45, 2.75) is 13.3 Å². The second-order valence-electron chi connectivity index (χ2n) is 1.03. The van der Waals surface area contributed by atoms with E-state index in [1.54, 1.807) is 0 Å². The summed E-state index contributed by atoms with van der Waals surface area (Å²) in [5.41, 5.74) is 0. The van der Waals surface area contributed by atoms with Crippen LogP contribution in [0.2, 0.25) is 0 Å². The molecule has 0 heterocycles. The minimum absolute atomic E-state index is 0. The normalized spacial score (nSPS) is 10.2. The third-order valence-corrected chi connectivity index (χ3v) is 0.781. The summed E-state index contributed by atoms with van der Waals surface area (Å²) in [5.74, 6) is -0.675. The van der Waals surface area contributed by atoms with Gasteiger partial charge in [-0.05, 0) is 0 Å². The quantitative estimate of drug-likeness (QED) is 0.371. The van der Waals surface area contributed by atoms with Crippen LogP contribution in [0.4, 0.5) is 0 Å². The molecule has 52 valence electrons. The van der Waals surface area contributed by atoms with Crippen LogP contribution in [0.25, 0.3) is 0 Å². The molecular formula is C3H8K2O4S. The van der Waals surface area contributed by atoms with E-state index in [0.717, 1.165) is 0 Å². The summed E-state index contributed by atoms with van der Waals surface area (Å²) < 4.78 is 21.3. The van der Waals surface area contributed by atoms with Crippen LogP contribution in [0, 0.1) is 0 Å². The Morgan fingerprint density at radius 2 is 2.10 bits per heavy atom. The number of carbonyl (C=O) groups is 1. The number of hydrogen-bond donors (Lipinski definition) is 1. The third-order valence-electron chi connectivity index (χ3n) is 0.453. The van der Waals surface area contributed by atoms with Gasteiger partial charge in [0, 0.05) is 6.42 Å². The van der Waals surface area contributed by atoms with Gasteiger partial charge in [-0.3, -0.25) is 9.35 Å². The molecule has 0 aromatic rings. The van der Waals surface area contributed by atoms with Crippen molar-refractivity contribution in [1.29, 1.82) is 0 Å². The zero-order chi connectivity index (χ0) is 6.57. The Labute approximate surface area is 150 Å². The van der Waals surface area contributed by atoms with E-state index in [4.69, 9.17) is 4.55 Å². The largest absolute Gasteiger partial charge is 1.00 e. The standard InChI is InChI=1S/C3H6O4S.2K.2H/c1-2-3(4)7-8(5)6;;;;/h2H2,1H3,(H,5,6);;;;/q;2*+1;2*-1. The van der Waals surface area contributed by atoms with Crippen molar-refractivity contribution in [3.05, 3.63) is 0 Å². The summed E-state index contributed by atoms with van der Waals surface area (Å²) in [6.07, 6.45) is 0.117. The maximum Gasteiger partial charge on any atom is 1.00 e. The summed E-state index contributed by atoms with van der Waals surface area (Å²) in [7, 11) is 0. The van der Waals surface area contributed by atoms with Gasteiger partial charge in [-0.25, -0.2) is 0 Å². The molecule has 1 atom stereocenters. The third kappa shape index (κ3) is 13.4. The Kier molecular flexibility index (Phi) is 22.0. The monoisotopic (exact) mass is 218 g/mol. The summed E-state index contributed by atoms with van der Waals surface area (Å²) >= 11 is -2.45. The molecule has 1 N–H and O–H groups in total. The Bertz CT molecular complexity index is 125. The summed E-state index contributed by atoms with van der Waals surface area (Å²) in [5, 5.41) is 0.